The molecule has 2 aromatic rings. The maximum atomic E-state index is 13.2. The van der Waals surface area contributed by atoms with Crippen LogP contribution in [0.3, 0.4) is 0 Å². The van der Waals surface area contributed by atoms with Gasteiger partial charge < -0.3 is 14.7 Å². The van der Waals surface area contributed by atoms with Crippen molar-refractivity contribution in [3.05, 3.63) is 16.8 Å². The molecule has 2 aliphatic heterocycles. The fourth-order valence-corrected chi connectivity index (χ4v) is 5.87. The highest BCUT2D eigenvalue weighted by Crippen LogP contribution is 2.41. The summed E-state index contributed by atoms with van der Waals surface area (Å²) in [5.41, 5.74) is 1.44. The fraction of sp³-hybridized carbons (Fsp3) is 0.632. The van der Waals surface area contributed by atoms with Crippen LogP contribution in [0.15, 0.2) is 6.33 Å². The number of hydrogen-bond donors (Lipinski definition) is 0. The molecule has 2 aromatic heterocycles. The van der Waals surface area contributed by atoms with E-state index in [1.807, 2.05) is 11.3 Å². The number of aromatic nitrogens is 2. The Bertz CT molecular complexity index is 842. The summed E-state index contributed by atoms with van der Waals surface area (Å²) in [4.78, 5) is 31.6. The van der Waals surface area contributed by atoms with E-state index in [0.717, 1.165) is 62.6 Å². The average molecular weight is 372 g/mol. The van der Waals surface area contributed by atoms with E-state index in [1.165, 1.54) is 28.7 Å². The molecule has 0 N–H and O–H groups in total. The summed E-state index contributed by atoms with van der Waals surface area (Å²) >= 11 is 1.82. The Balaban J connectivity index is 1.48. The van der Waals surface area contributed by atoms with Crippen molar-refractivity contribution < 1.29 is 4.79 Å². The van der Waals surface area contributed by atoms with Crippen LogP contribution in [0.4, 0.5) is 5.82 Å². The minimum Gasteiger partial charge on any atom is -0.344 e. The normalized spacial score (nSPS) is 23.8. The number of rotatable bonds is 2. The van der Waals surface area contributed by atoms with Crippen molar-refractivity contribution >= 4 is 33.3 Å². The quantitative estimate of drug-likeness (QED) is 0.807. The molecule has 3 aliphatic rings. The Hall–Kier alpha value is -1.73. The molecule has 1 amide bonds. The standard InChI is InChI=1S/C19H25N5OS/c1-22-8-10-23(11-9-22)19(25)14-5-3-7-24(14)17-16-13-4-2-6-15(13)26-18(16)21-12-20-17/h12,14H,2-11H2,1H3. The van der Waals surface area contributed by atoms with E-state index in [2.05, 4.69) is 31.7 Å². The van der Waals surface area contributed by atoms with Crippen molar-refractivity contribution in [2.75, 3.05) is 44.7 Å². The number of carbonyl (C=O) groups excluding carboxylic acids is 1. The second kappa shape index (κ2) is 6.46. The van der Waals surface area contributed by atoms with Crippen LogP contribution < -0.4 is 4.90 Å². The van der Waals surface area contributed by atoms with Crippen molar-refractivity contribution in [1.82, 2.24) is 19.8 Å². The van der Waals surface area contributed by atoms with Gasteiger partial charge in [0.05, 0.1) is 5.39 Å². The number of fused-ring (bicyclic) bond motifs is 3. The third-order valence-corrected chi connectivity index (χ3v) is 7.31. The minimum atomic E-state index is -0.0616. The molecule has 138 valence electrons. The van der Waals surface area contributed by atoms with Gasteiger partial charge in [-0.25, -0.2) is 9.97 Å². The number of piperazine rings is 1. The number of anilines is 1. The summed E-state index contributed by atoms with van der Waals surface area (Å²) in [6, 6.07) is -0.0616. The molecule has 26 heavy (non-hydrogen) atoms. The van der Waals surface area contributed by atoms with Crippen LogP contribution in [0.1, 0.15) is 29.7 Å². The Kier molecular flexibility index (Phi) is 4.09. The maximum Gasteiger partial charge on any atom is 0.245 e. The third kappa shape index (κ3) is 2.60. The van der Waals surface area contributed by atoms with Gasteiger partial charge >= 0.3 is 0 Å². The molecule has 0 radical (unpaired) electrons. The minimum absolute atomic E-state index is 0.0616. The van der Waals surface area contributed by atoms with Gasteiger partial charge in [0.2, 0.25) is 5.91 Å². The lowest BCUT2D eigenvalue weighted by atomic mass is 10.1. The summed E-state index contributed by atoms with van der Waals surface area (Å²) in [6.07, 6.45) is 7.19. The lowest BCUT2D eigenvalue weighted by molar-refractivity contribution is -0.134. The van der Waals surface area contributed by atoms with E-state index in [0.29, 0.717) is 0 Å². The number of carbonyl (C=O) groups is 1. The smallest absolute Gasteiger partial charge is 0.245 e. The predicted octanol–water partition coefficient (Wildman–Crippen LogP) is 1.92. The summed E-state index contributed by atoms with van der Waals surface area (Å²) in [6.45, 7) is 4.53. The zero-order valence-electron chi connectivity index (χ0n) is 15.3. The molecule has 1 unspecified atom stereocenters. The Labute approximate surface area is 157 Å². The van der Waals surface area contributed by atoms with Crippen molar-refractivity contribution in [3.63, 3.8) is 0 Å². The van der Waals surface area contributed by atoms with Gasteiger partial charge in [-0.15, -0.1) is 11.3 Å². The number of amides is 1. The van der Waals surface area contributed by atoms with E-state index in [9.17, 15) is 4.79 Å². The van der Waals surface area contributed by atoms with Crippen molar-refractivity contribution in [2.24, 2.45) is 0 Å². The highest BCUT2D eigenvalue weighted by atomic mass is 32.1. The van der Waals surface area contributed by atoms with Crippen molar-refractivity contribution in [3.8, 4) is 0 Å². The average Bonchev–Trinajstić information content (AvgIpc) is 3.36. The second-order valence-corrected chi connectivity index (χ2v) is 8.80. The van der Waals surface area contributed by atoms with Gasteiger partial charge in [0.25, 0.3) is 0 Å². The topological polar surface area (TPSA) is 52.6 Å². The first-order chi connectivity index (χ1) is 12.7. The molecule has 5 rings (SSSR count). The molecule has 2 saturated heterocycles. The summed E-state index contributed by atoms with van der Waals surface area (Å²) < 4.78 is 0. The first-order valence-corrected chi connectivity index (χ1v) is 10.5. The maximum absolute atomic E-state index is 13.2. The second-order valence-electron chi connectivity index (χ2n) is 7.71. The molecule has 0 aromatic carbocycles. The molecule has 0 bridgehead atoms. The van der Waals surface area contributed by atoms with Crippen LogP contribution in [0, 0.1) is 0 Å². The van der Waals surface area contributed by atoms with Gasteiger partial charge in [-0.05, 0) is 44.7 Å². The summed E-state index contributed by atoms with van der Waals surface area (Å²) in [7, 11) is 2.12. The van der Waals surface area contributed by atoms with E-state index in [-0.39, 0.29) is 11.9 Å². The largest absolute Gasteiger partial charge is 0.344 e. The first kappa shape index (κ1) is 16.4. The first-order valence-electron chi connectivity index (χ1n) is 9.71. The van der Waals surface area contributed by atoms with E-state index < -0.39 is 0 Å². The molecule has 0 spiro atoms. The van der Waals surface area contributed by atoms with Crippen LogP contribution in [0.25, 0.3) is 10.2 Å². The number of likely N-dealkylation sites (N-methyl/N-ethyl adjacent to an activating group) is 1. The van der Waals surface area contributed by atoms with E-state index in [1.54, 1.807) is 6.33 Å². The molecule has 7 heteroatoms. The Morgan fingerprint density at radius 3 is 2.81 bits per heavy atom. The lowest BCUT2D eigenvalue weighted by Crippen LogP contribution is -2.53. The van der Waals surface area contributed by atoms with Gasteiger partial charge in [0.1, 0.15) is 23.0 Å². The number of aryl methyl sites for hydroxylation is 2. The van der Waals surface area contributed by atoms with E-state index in [4.69, 9.17) is 0 Å². The van der Waals surface area contributed by atoms with E-state index >= 15 is 0 Å². The molecule has 6 nitrogen and oxygen atoms in total. The molecule has 2 fully saturated rings. The molecule has 4 heterocycles. The molecule has 0 saturated carbocycles. The van der Waals surface area contributed by atoms with Gasteiger partial charge in [-0.1, -0.05) is 0 Å². The molecule has 1 aliphatic carbocycles. The number of nitrogens with zero attached hydrogens (tertiary/aromatic N) is 5. The number of thiophene rings is 1. The zero-order chi connectivity index (χ0) is 17.7. The van der Waals surface area contributed by atoms with Crippen LogP contribution in [-0.2, 0) is 17.6 Å². The summed E-state index contributed by atoms with van der Waals surface area (Å²) in [5.74, 6) is 1.29. The Morgan fingerprint density at radius 2 is 1.96 bits per heavy atom. The zero-order valence-corrected chi connectivity index (χ0v) is 16.1. The van der Waals surface area contributed by atoms with Gasteiger partial charge in [0.15, 0.2) is 0 Å². The monoisotopic (exact) mass is 371 g/mol. The number of hydrogen-bond acceptors (Lipinski definition) is 6. The lowest BCUT2D eigenvalue weighted by Gasteiger charge is -2.36. The Morgan fingerprint density at radius 1 is 1.12 bits per heavy atom. The van der Waals surface area contributed by atoms with Gasteiger partial charge in [-0.3, -0.25) is 4.79 Å². The summed E-state index contributed by atoms with van der Waals surface area (Å²) in [5, 5.41) is 1.23. The van der Waals surface area contributed by atoms with Gasteiger partial charge in [-0.2, -0.15) is 0 Å². The fourth-order valence-electron chi connectivity index (χ4n) is 4.64. The molecular formula is C19H25N5OS. The predicted molar refractivity (Wildman–Crippen MR) is 104 cm³/mol. The third-order valence-electron chi connectivity index (χ3n) is 6.11. The SMILES string of the molecule is CN1CCN(C(=O)C2CCCN2c2ncnc3sc4c(c23)CCC4)CC1. The highest BCUT2D eigenvalue weighted by molar-refractivity contribution is 7.19. The van der Waals surface area contributed by atoms with Crippen LogP contribution >= 0.6 is 11.3 Å². The van der Waals surface area contributed by atoms with Crippen LogP contribution in [0.5, 0.6) is 0 Å². The molecule has 1 atom stereocenters. The van der Waals surface area contributed by atoms with Crippen LogP contribution in [-0.4, -0.2) is 71.5 Å². The highest BCUT2D eigenvalue weighted by Gasteiger charge is 2.37. The van der Waals surface area contributed by atoms with Crippen molar-refractivity contribution in [1.29, 1.82) is 0 Å². The van der Waals surface area contributed by atoms with Crippen molar-refractivity contribution in [2.45, 2.75) is 38.1 Å². The molecular weight excluding hydrogens is 346 g/mol. The van der Waals surface area contributed by atoms with Gasteiger partial charge in [0, 0.05) is 37.6 Å². The van der Waals surface area contributed by atoms with Crippen LogP contribution in [0.2, 0.25) is 0 Å².